The Morgan fingerprint density at radius 2 is 0.713 bits per heavy atom. The fourth-order valence-electron chi connectivity index (χ4n) is 13.0. The summed E-state index contributed by atoms with van der Waals surface area (Å²) >= 11 is 0. The van der Waals surface area contributed by atoms with Gasteiger partial charge in [0.1, 0.15) is 24.4 Å². The number of esters is 1. The van der Waals surface area contributed by atoms with Crippen LogP contribution >= 0.6 is 0 Å². The van der Waals surface area contributed by atoms with Gasteiger partial charge in [-0.2, -0.15) is 0 Å². The largest absolute Gasteiger partial charge is 0.466 e. The molecule has 6 N–H and O–H groups in total. The number of nitrogens with one attached hydrogen (secondary N) is 1. The van der Waals surface area contributed by atoms with Crippen LogP contribution in [0.15, 0.2) is 48.6 Å². The van der Waals surface area contributed by atoms with Gasteiger partial charge in [-0.25, -0.2) is 0 Å². The van der Waals surface area contributed by atoms with Crippen molar-refractivity contribution in [3.8, 4) is 0 Å². The van der Waals surface area contributed by atoms with E-state index in [0.29, 0.717) is 19.4 Å². The number of aliphatic hydroxyl groups excluding tert-OH is 5. The van der Waals surface area contributed by atoms with Crippen LogP contribution in [0.4, 0.5) is 0 Å². The van der Waals surface area contributed by atoms with Crippen molar-refractivity contribution in [3.05, 3.63) is 48.6 Å². The van der Waals surface area contributed by atoms with Gasteiger partial charge in [0.05, 0.1) is 32.0 Å². The maximum Gasteiger partial charge on any atom is 0.305 e. The van der Waals surface area contributed by atoms with Crippen molar-refractivity contribution >= 4 is 11.9 Å². The summed E-state index contributed by atoms with van der Waals surface area (Å²) in [6.07, 6.45) is 85.9. The van der Waals surface area contributed by atoms with Crippen LogP contribution in [0.25, 0.3) is 0 Å². The number of aliphatic hydroxyl groups is 5. The summed E-state index contributed by atoms with van der Waals surface area (Å²) in [6, 6.07) is -0.807. The van der Waals surface area contributed by atoms with Crippen LogP contribution in [0, 0.1) is 0 Å². The first kappa shape index (κ1) is 89.6. The Balaban J connectivity index is 1.86. The van der Waals surface area contributed by atoms with E-state index in [2.05, 4.69) is 55.6 Å². The molecular formula is C83H155NO10. The number of hydrogen-bond donors (Lipinski definition) is 6. The molecule has 0 aromatic rings. The zero-order valence-electron chi connectivity index (χ0n) is 61.7. The smallest absolute Gasteiger partial charge is 0.305 e. The van der Waals surface area contributed by atoms with E-state index in [1.807, 2.05) is 6.08 Å². The molecule has 1 rings (SSSR count). The minimum absolute atomic E-state index is 0.0117. The van der Waals surface area contributed by atoms with Crippen molar-refractivity contribution < 1.29 is 49.3 Å². The normalized spacial score (nSPS) is 17.6. The number of amides is 1. The second-order valence-electron chi connectivity index (χ2n) is 28.5. The van der Waals surface area contributed by atoms with E-state index in [0.717, 1.165) is 64.2 Å². The van der Waals surface area contributed by atoms with Gasteiger partial charge in [-0.1, -0.05) is 351 Å². The van der Waals surface area contributed by atoms with Crippen LogP contribution in [0.1, 0.15) is 406 Å². The van der Waals surface area contributed by atoms with Crippen LogP contribution in [0.5, 0.6) is 0 Å². The number of rotatable bonds is 73. The van der Waals surface area contributed by atoms with Crippen molar-refractivity contribution in [2.24, 2.45) is 0 Å². The van der Waals surface area contributed by atoms with Gasteiger partial charge in [0.2, 0.25) is 5.91 Å². The Labute approximate surface area is 580 Å². The number of allylic oxidation sites excluding steroid dienone is 7. The van der Waals surface area contributed by atoms with Gasteiger partial charge in [-0.15, -0.1) is 0 Å². The summed E-state index contributed by atoms with van der Waals surface area (Å²) in [6.45, 7) is 4.37. The highest BCUT2D eigenvalue weighted by atomic mass is 16.7. The standard InChI is InChI=1S/C83H155NO10/c1-3-5-7-9-11-13-15-16-17-41-45-48-51-55-59-63-67-71-79(88)92-72-68-64-60-56-52-49-46-43-40-38-36-34-32-30-28-26-24-22-20-18-19-21-23-25-27-29-31-33-35-37-39-42-44-47-50-54-58-62-66-70-78(87)84-75(74-93-83-82(91)81(90)80(89)77(73-85)94-83)76(86)69-65-61-57-53-14-12-10-8-6-4-2/h16-19,22,24,65,69,75-77,80-83,85-86,89-91H,3-15,20-21,23,25-64,66-68,70-74H2,1-2H3,(H,84,87)/b17-16-,19-18-,24-22-,69-65+. The molecule has 0 radical (unpaired) electrons. The molecule has 1 saturated heterocycles. The Morgan fingerprint density at radius 3 is 1.09 bits per heavy atom. The molecule has 7 unspecified atom stereocenters. The number of unbranched alkanes of at least 4 members (excludes halogenated alkanes) is 53. The summed E-state index contributed by atoms with van der Waals surface area (Å²) in [7, 11) is 0. The maximum absolute atomic E-state index is 13.0. The molecular weight excluding hydrogens is 1170 g/mol. The van der Waals surface area contributed by atoms with Crippen LogP contribution < -0.4 is 5.32 Å². The first-order valence-electron chi connectivity index (χ1n) is 40.9. The number of ether oxygens (including phenoxy) is 3. The van der Waals surface area contributed by atoms with Gasteiger partial charge >= 0.3 is 5.97 Å². The molecule has 11 heteroatoms. The third-order valence-electron chi connectivity index (χ3n) is 19.4. The molecule has 0 bridgehead atoms. The Morgan fingerprint density at radius 1 is 0.394 bits per heavy atom. The average Bonchev–Trinajstić information content (AvgIpc) is 0.854. The first-order chi connectivity index (χ1) is 46.2. The third-order valence-corrected chi connectivity index (χ3v) is 19.4. The molecule has 0 aliphatic carbocycles. The number of hydrogen-bond acceptors (Lipinski definition) is 10. The van der Waals surface area contributed by atoms with E-state index < -0.39 is 49.5 Å². The van der Waals surface area contributed by atoms with Gasteiger partial charge in [0, 0.05) is 12.8 Å². The Hall–Kier alpha value is -2.38. The highest BCUT2D eigenvalue weighted by Gasteiger charge is 2.44. The molecule has 1 amide bonds. The zero-order valence-corrected chi connectivity index (χ0v) is 61.7. The Bertz CT molecular complexity index is 1700. The molecule has 1 aliphatic heterocycles. The van der Waals surface area contributed by atoms with Crippen molar-refractivity contribution in [3.63, 3.8) is 0 Å². The molecule has 1 aliphatic rings. The predicted octanol–water partition coefficient (Wildman–Crippen LogP) is 22.3. The van der Waals surface area contributed by atoms with Crippen LogP contribution in [-0.2, 0) is 23.8 Å². The molecule has 552 valence electrons. The average molecular weight is 1330 g/mol. The summed E-state index contributed by atoms with van der Waals surface area (Å²) < 4.78 is 16.8. The number of carbonyl (C=O) groups excluding carboxylic acids is 2. The van der Waals surface area contributed by atoms with Gasteiger partial charge in [0.15, 0.2) is 6.29 Å². The van der Waals surface area contributed by atoms with E-state index >= 15 is 0 Å². The van der Waals surface area contributed by atoms with Gasteiger partial charge in [0.25, 0.3) is 0 Å². The van der Waals surface area contributed by atoms with Gasteiger partial charge < -0.3 is 45.1 Å². The highest BCUT2D eigenvalue weighted by Crippen LogP contribution is 2.24. The summed E-state index contributed by atoms with van der Waals surface area (Å²) in [5.41, 5.74) is 0. The summed E-state index contributed by atoms with van der Waals surface area (Å²) in [5.74, 6) is -0.167. The zero-order chi connectivity index (χ0) is 67.9. The van der Waals surface area contributed by atoms with Crippen molar-refractivity contribution in [1.29, 1.82) is 0 Å². The van der Waals surface area contributed by atoms with Crippen molar-refractivity contribution in [2.75, 3.05) is 19.8 Å². The van der Waals surface area contributed by atoms with Gasteiger partial charge in [-0.05, 0) is 89.9 Å². The summed E-state index contributed by atoms with van der Waals surface area (Å²) in [4.78, 5) is 25.2. The van der Waals surface area contributed by atoms with Crippen molar-refractivity contribution in [2.45, 2.75) is 448 Å². The van der Waals surface area contributed by atoms with Crippen LogP contribution in [-0.4, -0.2) is 100 Å². The van der Waals surface area contributed by atoms with E-state index in [4.69, 9.17) is 14.2 Å². The number of carbonyl (C=O) groups is 2. The Kier molecular flexibility index (Phi) is 68.5. The van der Waals surface area contributed by atoms with Gasteiger partial charge in [-0.3, -0.25) is 9.59 Å². The lowest BCUT2D eigenvalue weighted by Gasteiger charge is -2.40. The third kappa shape index (κ3) is 59.7. The molecule has 0 aromatic carbocycles. The van der Waals surface area contributed by atoms with Crippen LogP contribution in [0.2, 0.25) is 0 Å². The second-order valence-corrected chi connectivity index (χ2v) is 28.5. The lowest BCUT2D eigenvalue weighted by molar-refractivity contribution is -0.302. The molecule has 0 spiro atoms. The van der Waals surface area contributed by atoms with Crippen molar-refractivity contribution in [1.82, 2.24) is 5.32 Å². The summed E-state index contributed by atoms with van der Waals surface area (Å²) in [5, 5.41) is 54.4. The van der Waals surface area contributed by atoms with Crippen LogP contribution in [0.3, 0.4) is 0 Å². The van der Waals surface area contributed by atoms with E-state index in [1.54, 1.807) is 6.08 Å². The fourth-order valence-corrected chi connectivity index (χ4v) is 13.0. The predicted molar refractivity (Wildman–Crippen MR) is 398 cm³/mol. The molecule has 1 fully saturated rings. The monoisotopic (exact) mass is 1330 g/mol. The molecule has 94 heavy (non-hydrogen) atoms. The topological polar surface area (TPSA) is 175 Å². The molecule has 11 nitrogen and oxygen atoms in total. The first-order valence-corrected chi connectivity index (χ1v) is 40.9. The lowest BCUT2D eigenvalue weighted by atomic mass is 9.99. The fraction of sp³-hybridized carbons (Fsp3) is 0.880. The molecule has 0 saturated carbocycles. The van der Waals surface area contributed by atoms with E-state index in [-0.39, 0.29) is 18.5 Å². The highest BCUT2D eigenvalue weighted by molar-refractivity contribution is 5.76. The minimum atomic E-state index is -1.57. The molecule has 1 heterocycles. The maximum atomic E-state index is 13.0. The SMILES string of the molecule is CCCCCCCC/C=C\CCCCCCCCCC(=O)OCCCCCCCCCCCCCCCCC/C=C\C/C=C\CCCCCCCCCCCCCCCCCCCC(=O)NC(COC1OC(CO)C(O)C(O)C1O)C(O)/C=C/CCCCCCCCCC. The van der Waals surface area contributed by atoms with E-state index in [9.17, 15) is 35.1 Å². The second kappa shape index (κ2) is 71.9. The molecule has 7 atom stereocenters. The minimum Gasteiger partial charge on any atom is -0.466 e. The van der Waals surface area contributed by atoms with E-state index in [1.165, 1.54) is 315 Å². The lowest BCUT2D eigenvalue weighted by Crippen LogP contribution is -2.60. The molecule has 0 aromatic heterocycles. The quantitative estimate of drug-likeness (QED) is 0.0195.